The van der Waals surface area contributed by atoms with Crippen molar-refractivity contribution >= 4 is 50.5 Å². The maximum absolute atomic E-state index is 13.4. The van der Waals surface area contributed by atoms with E-state index >= 15 is 0 Å². The molecule has 1 N–H and O–H groups in total. The Morgan fingerprint density at radius 3 is 2.65 bits per heavy atom. The fourth-order valence-electron chi connectivity index (χ4n) is 4.40. The number of hydrogen-bond acceptors (Lipinski definition) is 10. The van der Waals surface area contributed by atoms with Gasteiger partial charge in [-0.25, -0.2) is 19.7 Å². The number of amides is 2. The minimum atomic E-state index is -0.551. The molecule has 2 amide bonds. The van der Waals surface area contributed by atoms with E-state index in [9.17, 15) is 9.59 Å². The molecule has 4 aromatic rings. The van der Waals surface area contributed by atoms with Gasteiger partial charge in [-0.3, -0.25) is 15.1 Å². The molecule has 1 aliphatic rings. The topological polar surface area (TPSA) is 132 Å². The van der Waals surface area contributed by atoms with E-state index < -0.39 is 11.5 Å². The van der Waals surface area contributed by atoms with Gasteiger partial charge in [0, 0.05) is 42.0 Å². The molecule has 13 heteroatoms. The Balaban J connectivity index is 1.36. The molecule has 4 aromatic heterocycles. The highest BCUT2D eigenvalue weighted by Crippen LogP contribution is 2.35. The summed E-state index contributed by atoms with van der Waals surface area (Å²) in [4.78, 5) is 50.2. The lowest BCUT2D eigenvalue weighted by Gasteiger charge is -2.24. The monoisotopic (exact) mass is 581 g/mol. The largest absolute Gasteiger partial charge is 0.494 e. The predicted octanol–water partition coefficient (Wildman–Crippen LogP) is 5.49. The first-order valence-electron chi connectivity index (χ1n) is 12.6. The quantitative estimate of drug-likeness (QED) is 0.304. The van der Waals surface area contributed by atoms with Gasteiger partial charge in [-0.2, -0.15) is 4.98 Å². The molecule has 0 aromatic carbocycles. The van der Waals surface area contributed by atoms with Crippen molar-refractivity contribution in [1.82, 2.24) is 29.8 Å². The van der Waals surface area contributed by atoms with Crippen molar-refractivity contribution in [3.8, 4) is 16.9 Å². The number of hydrogen-bond donors (Lipinski definition) is 1. The maximum Gasteiger partial charge on any atom is 0.410 e. The molecule has 1 aliphatic heterocycles. The highest BCUT2D eigenvalue weighted by Gasteiger charge is 2.31. The van der Waals surface area contributed by atoms with Gasteiger partial charge in [-0.1, -0.05) is 22.9 Å². The van der Waals surface area contributed by atoms with Gasteiger partial charge in [0.25, 0.3) is 5.91 Å². The molecule has 40 heavy (non-hydrogen) atoms. The Kier molecular flexibility index (Phi) is 7.56. The van der Waals surface area contributed by atoms with Crippen molar-refractivity contribution in [2.24, 2.45) is 0 Å². The van der Waals surface area contributed by atoms with Crippen LogP contribution in [0.4, 0.5) is 9.93 Å². The van der Waals surface area contributed by atoms with Crippen LogP contribution >= 0.6 is 22.9 Å². The number of nitrogens with one attached hydrogen (secondary N) is 1. The number of aromatic nitrogens is 5. The third kappa shape index (κ3) is 5.97. The molecule has 0 aliphatic carbocycles. The fraction of sp³-hybridized carbons (Fsp3) is 0.370. The molecule has 1 atom stereocenters. The highest BCUT2D eigenvalue weighted by molar-refractivity contribution is 7.21. The van der Waals surface area contributed by atoms with Gasteiger partial charge >= 0.3 is 6.09 Å². The van der Waals surface area contributed by atoms with Gasteiger partial charge in [0.05, 0.1) is 30.8 Å². The van der Waals surface area contributed by atoms with E-state index in [2.05, 4.69) is 25.3 Å². The fourth-order valence-corrected chi connectivity index (χ4v) is 5.35. The SMILES string of the molecule is COc1cnc(Cl)cc1-c1cc(C)ncc1C(=O)Nc1nc2ncc(C3CCN(C(=O)OC(C)(C)C)C3)nc2s1. The van der Waals surface area contributed by atoms with Crippen LogP contribution in [0.2, 0.25) is 5.15 Å². The third-order valence-corrected chi connectivity index (χ3v) is 7.31. The van der Waals surface area contributed by atoms with Gasteiger partial charge in [0.15, 0.2) is 15.6 Å². The number of anilines is 1. The van der Waals surface area contributed by atoms with Crippen molar-refractivity contribution in [2.45, 2.75) is 45.6 Å². The Morgan fingerprint density at radius 2 is 1.90 bits per heavy atom. The minimum Gasteiger partial charge on any atom is -0.494 e. The van der Waals surface area contributed by atoms with E-state index in [0.717, 1.165) is 17.8 Å². The lowest BCUT2D eigenvalue weighted by atomic mass is 10.0. The molecular formula is C27H28ClN7O4S. The lowest BCUT2D eigenvalue weighted by molar-refractivity contribution is 0.0292. The van der Waals surface area contributed by atoms with Gasteiger partial charge in [0.1, 0.15) is 16.5 Å². The van der Waals surface area contributed by atoms with E-state index in [4.69, 9.17) is 26.1 Å². The number of carbonyl (C=O) groups is 2. The molecule has 1 unspecified atom stereocenters. The summed E-state index contributed by atoms with van der Waals surface area (Å²) in [6.07, 6.45) is 5.12. The Morgan fingerprint density at radius 1 is 1.10 bits per heavy atom. The molecule has 5 rings (SSSR count). The number of fused-ring (bicyclic) bond motifs is 1. The molecule has 0 radical (unpaired) electrons. The highest BCUT2D eigenvalue weighted by atomic mass is 35.5. The molecule has 1 saturated heterocycles. The molecule has 1 fully saturated rings. The number of pyridine rings is 2. The number of methoxy groups -OCH3 is 1. The van der Waals surface area contributed by atoms with E-state index in [1.54, 1.807) is 23.2 Å². The molecule has 0 saturated carbocycles. The van der Waals surface area contributed by atoms with Crippen LogP contribution in [0.1, 0.15) is 54.9 Å². The number of likely N-dealkylation sites (tertiary alicyclic amines) is 1. The van der Waals surface area contributed by atoms with Crippen molar-refractivity contribution in [3.63, 3.8) is 0 Å². The van der Waals surface area contributed by atoms with E-state index in [1.165, 1.54) is 30.8 Å². The van der Waals surface area contributed by atoms with Gasteiger partial charge < -0.3 is 14.4 Å². The summed E-state index contributed by atoms with van der Waals surface area (Å²) >= 11 is 7.37. The van der Waals surface area contributed by atoms with Crippen LogP contribution in [0, 0.1) is 6.92 Å². The zero-order chi connectivity index (χ0) is 28.6. The van der Waals surface area contributed by atoms with Gasteiger partial charge in [0.2, 0.25) is 0 Å². The van der Waals surface area contributed by atoms with Crippen LogP contribution in [0.15, 0.2) is 30.7 Å². The van der Waals surface area contributed by atoms with Crippen LogP contribution in [-0.2, 0) is 4.74 Å². The molecule has 0 bridgehead atoms. The number of aryl methyl sites for hydroxylation is 1. The standard InChI is InChI=1S/C27H28ClN7O4S/c1-14-8-16(17-9-21(28)30-12-20(17)38-5)18(10-29-14)23(36)34-25-33-22-24(40-25)32-19(11-31-22)15-6-7-35(13-15)26(37)39-27(2,3)4/h8-12,15H,6-7,13H2,1-5H3,(H,31,33,34,36). The second-order valence-electron chi connectivity index (χ2n) is 10.4. The van der Waals surface area contributed by atoms with Crippen molar-refractivity contribution < 1.29 is 19.1 Å². The number of nitrogens with zero attached hydrogens (tertiary/aromatic N) is 6. The van der Waals surface area contributed by atoms with Gasteiger partial charge in [-0.05, 0) is 46.2 Å². The summed E-state index contributed by atoms with van der Waals surface area (Å²) in [5.41, 5.74) is 2.90. The molecule has 11 nitrogen and oxygen atoms in total. The number of halogens is 1. The lowest BCUT2D eigenvalue weighted by Crippen LogP contribution is -2.35. The molecule has 5 heterocycles. The van der Waals surface area contributed by atoms with Crippen LogP contribution in [0.25, 0.3) is 21.6 Å². The minimum absolute atomic E-state index is 0.0351. The van der Waals surface area contributed by atoms with Crippen molar-refractivity contribution in [1.29, 1.82) is 0 Å². The van der Waals surface area contributed by atoms with E-state index in [0.29, 0.717) is 51.1 Å². The predicted molar refractivity (Wildman–Crippen MR) is 152 cm³/mol. The molecule has 208 valence electrons. The van der Waals surface area contributed by atoms with Crippen LogP contribution in [0.3, 0.4) is 0 Å². The average Bonchev–Trinajstić information content (AvgIpc) is 3.54. The normalized spacial score (nSPS) is 15.3. The molecule has 0 spiro atoms. The van der Waals surface area contributed by atoms with Crippen LogP contribution < -0.4 is 10.1 Å². The van der Waals surface area contributed by atoms with E-state index in [1.807, 2.05) is 27.7 Å². The zero-order valence-corrected chi connectivity index (χ0v) is 24.3. The maximum atomic E-state index is 13.4. The summed E-state index contributed by atoms with van der Waals surface area (Å²) in [6, 6.07) is 3.44. The number of rotatable bonds is 5. The Bertz CT molecular complexity index is 1600. The van der Waals surface area contributed by atoms with Crippen LogP contribution in [0.5, 0.6) is 5.75 Å². The van der Waals surface area contributed by atoms with E-state index in [-0.39, 0.29) is 17.2 Å². The summed E-state index contributed by atoms with van der Waals surface area (Å²) in [6.45, 7) is 8.46. The first-order valence-corrected chi connectivity index (χ1v) is 13.8. The number of ether oxygens (including phenoxy) is 2. The smallest absolute Gasteiger partial charge is 0.410 e. The summed E-state index contributed by atoms with van der Waals surface area (Å²) in [7, 11) is 1.53. The second-order valence-corrected chi connectivity index (χ2v) is 11.8. The van der Waals surface area contributed by atoms with Gasteiger partial charge in [-0.15, -0.1) is 0 Å². The van der Waals surface area contributed by atoms with Crippen LogP contribution in [-0.4, -0.2) is 67.6 Å². The number of thiazole rings is 1. The Hall–Kier alpha value is -3.90. The summed E-state index contributed by atoms with van der Waals surface area (Å²) < 4.78 is 10.9. The Labute approximate surface area is 240 Å². The second kappa shape index (κ2) is 10.9. The third-order valence-electron chi connectivity index (χ3n) is 6.25. The number of carbonyl (C=O) groups excluding carboxylic acids is 2. The average molecular weight is 582 g/mol. The van der Waals surface area contributed by atoms with Crippen molar-refractivity contribution in [2.75, 3.05) is 25.5 Å². The molecular weight excluding hydrogens is 554 g/mol. The summed E-state index contributed by atoms with van der Waals surface area (Å²) in [5.74, 6) is 0.107. The first-order chi connectivity index (χ1) is 19.0. The van der Waals surface area contributed by atoms with Crippen molar-refractivity contribution in [3.05, 3.63) is 52.8 Å². The summed E-state index contributed by atoms with van der Waals surface area (Å²) in [5, 5.41) is 3.47. The zero-order valence-electron chi connectivity index (χ0n) is 22.7. The first kappa shape index (κ1) is 27.7.